The van der Waals surface area contributed by atoms with Crippen molar-refractivity contribution >= 4 is 21.1 Å². The van der Waals surface area contributed by atoms with Gasteiger partial charge >= 0.3 is 0 Å². The normalized spacial score (nSPS) is 11.0. The van der Waals surface area contributed by atoms with Crippen molar-refractivity contribution in [2.45, 2.75) is 45.9 Å². The van der Waals surface area contributed by atoms with Crippen LogP contribution in [0.2, 0.25) is 13.1 Å². The summed E-state index contributed by atoms with van der Waals surface area (Å²) in [6.45, 7) is 8.82. The Labute approximate surface area is 170 Å². The topological polar surface area (TPSA) is 50.8 Å². The van der Waals surface area contributed by atoms with E-state index in [2.05, 4.69) is 36.5 Å². The van der Waals surface area contributed by atoms with Gasteiger partial charge in [-0.15, -0.1) is 0 Å². The molecule has 0 saturated heterocycles. The fourth-order valence-corrected chi connectivity index (χ4v) is 3.68. The van der Waals surface area contributed by atoms with Gasteiger partial charge in [-0.2, -0.15) is 0 Å². The van der Waals surface area contributed by atoms with Crippen LogP contribution in [0.15, 0.2) is 48.5 Å². The van der Waals surface area contributed by atoms with Crippen LogP contribution in [0, 0.1) is 0 Å². The third-order valence-electron chi connectivity index (χ3n) is 4.27. The molecule has 0 heterocycles. The van der Waals surface area contributed by atoms with E-state index in [1.54, 1.807) is 0 Å². The number of unbranched alkanes of at least 4 members (excludes halogenated alkanes) is 1. The molecule has 0 saturated carbocycles. The number of amides is 1. The van der Waals surface area contributed by atoms with Gasteiger partial charge in [0.1, 0.15) is 12.4 Å². The van der Waals surface area contributed by atoms with Crippen molar-refractivity contribution in [3.05, 3.63) is 59.7 Å². The smallest absolute Gasteiger partial charge is 0.211 e. The molecular formula is C22H32N2O3Si. The molecule has 0 bridgehead atoms. The molecule has 0 radical (unpaired) electrons. The van der Waals surface area contributed by atoms with Gasteiger partial charge in [0.2, 0.25) is 6.41 Å². The number of ether oxygens (including phenoxy) is 1. The summed E-state index contributed by atoms with van der Waals surface area (Å²) in [6.07, 6.45) is 3.83. The summed E-state index contributed by atoms with van der Waals surface area (Å²) in [4.78, 5) is 11.0. The summed E-state index contributed by atoms with van der Waals surface area (Å²) in [5.41, 5.74) is 2.93. The highest BCUT2D eigenvalue weighted by Crippen LogP contribution is 2.26. The van der Waals surface area contributed by atoms with E-state index in [-0.39, 0.29) is 0 Å². The second-order valence-corrected chi connectivity index (χ2v) is 9.36. The van der Waals surface area contributed by atoms with E-state index in [1.807, 2.05) is 42.5 Å². The number of hydroxylamine groups is 2. The van der Waals surface area contributed by atoms with Crippen molar-refractivity contribution in [1.82, 2.24) is 5.06 Å². The molecular weight excluding hydrogens is 368 g/mol. The third kappa shape index (κ3) is 7.84. The van der Waals surface area contributed by atoms with E-state index >= 15 is 0 Å². The zero-order valence-corrected chi connectivity index (χ0v) is 18.3. The summed E-state index contributed by atoms with van der Waals surface area (Å²) < 4.78 is 12.0. The predicted molar refractivity (Wildman–Crippen MR) is 117 cm³/mol. The van der Waals surface area contributed by atoms with E-state index in [9.17, 15) is 4.79 Å². The Morgan fingerprint density at radius 2 is 1.86 bits per heavy atom. The van der Waals surface area contributed by atoms with Crippen molar-refractivity contribution in [3.8, 4) is 5.75 Å². The molecule has 0 aliphatic carbocycles. The van der Waals surface area contributed by atoms with Crippen LogP contribution in [0.1, 0.15) is 30.9 Å². The lowest BCUT2D eigenvalue weighted by Crippen LogP contribution is -2.32. The molecule has 0 spiro atoms. The molecule has 2 aromatic rings. The predicted octanol–water partition coefficient (Wildman–Crippen LogP) is 4.39. The second kappa shape index (κ2) is 12.3. The van der Waals surface area contributed by atoms with Gasteiger partial charge in [0.05, 0.1) is 5.69 Å². The van der Waals surface area contributed by atoms with E-state index in [4.69, 9.17) is 9.26 Å². The van der Waals surface area contributed by atoms with Crippen LogP contribution < -0.4 is 10.1 Å². The molecule has 1 amide bonds. The number of nitrogens with one attached hydrogen (secondary N) is 1. The maximum atomic E-state index is 11.0. The van der Waals surface area contributed by atoms with Gasteiger partial charge in [-0.1, -0.05) is 49.7 Å². The van der Waals surface area contributed by atoms with Gasteiger partial charge in [0.15, 0.2) is 9.04 Å². The van der Waals surface area contributed by atoms with E-state index in [1.165, 1.54) is 0 Å². The Morgan fingerprint density at radius 3 is 2.54 bits per heavy atom. The first-order chi connectivity index (χ1) is 13.6. The Morgan fingerprint density at radius 1 is 1.07 bits per heavy atom. The highest BCUT2D eigenvalue weighted by atomic mass is 28.3. The number of carbonyl (C=O) groups excluding carboxylic acids is 1. The van der Waals surface area contributed by atoms with E-state index in [0.29, 0.717) is 24.5 Å². The average molecular weight is 401 g/mol. The summed E-state index contributed by atoms with van der Waals surface area (Å²) in [7, 11) is -1.12. The number of hydrogen-bond donors (Lipinski definition) is 1. The largest absolute Gasteiger partial charge is 0.487 e. The zero-order valence-electron chi connectivity index (χ0n) is 17.2. The molecule has 1 N–H and O–H groups in total. The van der Waals surface area contributed by atoms with Crippen LogP contribution in [0.4, 0.5) is 5.69 Å². The molecule has 0 aromatic heterocycles. The molecule has 0 unspecified atom stereocenters. The number of rotatable bonds is 13. The highest BCUT2D eigenvalue weighted by Gasteiger charge is 2.10. The van der Waals surface area contributed by atoms with Gasteiger partial charge in [-0.25, -0.2) is 5.06 Å². The quantitative estimate of drug-likeness (QED) is 0.308. The Kier molecular flexibility index (Phi) is 9.75. The SMILES string of the molecule is CCCCN(CCc1ccc(OCc2ccccc2)c(NC=O)c1)O[SiH](C)C. The van der Waals surface area contributed by atoms with Crippen molar-refractivity contribution in [2.24, 2.45) is 0 Å². The van der Waals surface area contributed by atoms with Crippen LogP contribution in [-0.2, 0) is 22.3 Å². The molecule has 6 heteroatoms. The maximum Gasteiger partial charge on any atom is 0.211 e. The van der Waals surface area contributed by atoms with Gasteiger partial charge in [0, 0.05) is 13.1 Å². The molecule has 2 aromatic carbocycles. The van der Waals surface area contributed by atoms with Gasteiger partial charge in [0.25, 0.3) is 0 Å². The van der Waals surface area contributed by atoms with E-state index in [0.717, 1.165) is 43.5 Å². The minimum Gasteiger partial charge on any atom is -0.487 e. The highest BCUT2D eigenvalue weighted by molar-refractivity contribution is 6.48. The van der Waals surface area contributed by atoms with Crippen LogP contribution in [-0.4, -0.2) is 33.6 Å². The summed E-state index contributed by atoms with van der Waals surface area (Å²) in [5.74, 6) is 0.674. The van der Waals surface area contributed by atoms with Crippen LogP contribution in [0.25, 0.3) is 0 Å². The lowest BCUT2D eigenvalue weighted by atomic mass is 10.1. The number of hydrogen-bond acceptors (Lipinski definition) is 4. The molecule has 0 fully saturated rings. The summed E-state index contributed by atoms with van der Waals surface area (Å²) >= 11 is 0. The first kappa shape index (κ1) is 22.1. The van der Waals surface area contributed by atoms with Crippen LogP contribution in [0.3, 0.4) is 0 Å². The lowest BCUT2D eigenvalue weighted by Gasteiger charge is -2.24. The van der Waals surface area contributed by atoms with Gasteiger partial charge < -0.3 is 14.6 Å². The number of benzene rings is 2. The molecule has 0 aliphatic heterocycles. The zero-order chi connectivity index (χ0) is 20.2. The molecule has 0 aliphatic rings. The van der Waals surface area contributed by atoms with Crippen molar-refractivity contribution in [1.29, 1.82) is 0 Å². The Balaban J connectivity index is 2.00. The van der Waals surface area contributed by atoms with Crippen LogP contribution in [0.5, 0.6) is 5.75 Å². The molecule has 5 nitrogen and oxygen atoms in total. The van der Waals surface area contributed by atoms with E-state index < -0.39 is 9.04 Å². The molecule has 152 valence electrons. The third-order valence-corrected chi connectivity index (χ3v) is 4.99. The van der Waals surface area contributed by atoms with Crippen LogP contribution >= 0.6 is 0 Å². The average Bonchev–Trinajstić information content (AvgIpc) is 2.70. The van der Waals surface area contributed by atoms with Gasteiger partial charge in [-0.3, -0.25) is 4.79 Å². The number of nitrogens with zero attached hydrogens (tertiary/aromatic N) is 1. The first-order valence-electron chi connectivity index (χ1n) is 10.0. The fourth-order valence-electron chi connectivity index (χ4n) is 2.87. The van der Waals surface area contributed by atoms with Crippen molar-refractivity contribution in [3.63, 3.8) is 0 Å². The summed E-state index contributed by atoms with van der Waals surface area (Å²) in [5, 5.41) is 4.87. The minimum absolute atomic E-state index is 0.464. The lowest BCUT2D eigenvalue weighted by molar-refractivity contribution is -0.105. The monoisotopic (exact) mass is 400 g/mol. The Hall–Kier alpha value is -2.15. The summed E-state index contributed by atoms with van der Waals surface area (Å²) in [6, 6.07) is 16.0. The first-order valence-corrected chi connectivity index (χ1v) is 12.8. The Bertz CT molecular complexity index is 710. The fraction of sp³-hybridized carbons (Fsp3) is 0.409. The van der Waals surface area contributed by atoms with Crippen molar-refractivity contribution in [2.75, 3.05) is 18.4 Å². The minimum atomic E-state index is -1.12. The molecule has 0 atom stereocenters. The second-order valence-electron chi connectivity index (χ2n) is 7.05. The van der Waals surface area contributed by atoms with Gasteiger partial charge in [-0.05, 0) is 49.2 Å². The molecule has 28 heavy (non-hydrogen) atoms. The number of anilines is 1. The maximum absolute atomic E-state index is 11.0. The molecule has 2 rings (SSSR count). The number of carbonyl (C=O) groups is 1. The van der Waals surface area contributed by atoms with Crippen molar-refractivity contribution < 1.29 is 14.1 Å². The standard InChI is InChI=1S/C22H32N2O3Si/c1-4-5-14-24(27-28(2)3)15-13-19-11-12-22(21(16-19)23-18-25)26-17-20-9-7-6-8-10-20/h6-12,16,18,28H,4-5,13-15,17H2,1-3H3,(H,23,25).